The van der Waals surface area contributed by atoms with Crippen LogP contribution in [0.3, 0.4) is 0 Å². The summed E-state index contributed by atoms with van der Waals surface area (Å²) >= 11 is 7.28. The van der Waals surface area contributed by atoms with Gasteiger partial charge in [0.1, 0.15) is 0 Å². The van der Waals surface area contributed by atoms with E-state index in [1.807, 2.05) is 7.05 Å². The minimum absolute atomic E-state index is 0.739. The van der Waals surface area contributed by atoms with Gasteiger partial charge < -0.3 is 10.2 Å². The maximum Gasteiger partial charge on any atom is 0.173 e. The van der Waals surface area contributed by atoms with Crippen molar-refractivity contribution >= 4 is 34.8 Å². The number of aryl methyl sites for hydroxylation is 1. The number of thioether (sulfide) groups is 1. The van der Waals surface area contributed by atoms with Crippen LogP contribution in [0.2, 0.25) is 0 Å². The lowest BCUT2D eigenvalue weighted by molar-refractivity contribution is 0.508. The molecule has 0 amide bonds. The highest BCUT2D eigenvalue weighted by Crippen LogP contribution is 2.19. The van der Waals surface area contributed by atoms with E-state index in [-0.39, 0.29) is 0 Å². The molecule has 0 aliphatic heterocycles. The molecule has 4 heteroatoms. The van der Waals surface area contributed by atoms with Gasteiger partial charge in [0, 0.05) is 24.2 Å². The molecule has 0 aliphatic carbocycles. The van der Waals surface area contributed by atoms with Crippen molar-refractivity contribution < 1.29 is 0 Å². The summed E-state index contributed by atoms with van der Waals surface area (Å²) in [6.07, 6.45) is 2.09. The van der Waals surface area contributed by atoms with Gasteiger partial charge in [-0.05, 0) is 67.2 Å². The van der Waals surface area contributed by atoms with Crippen LogP contribution in [0, 0.1) is 13.8 Å². The topological polar surface area (TPSA) is 15.3 Å². The van der Waals surface area contributed by atoms with Crippen molar-refractivity contribution in [2.45, 2.75) is 25.3 Å². The van der Waals surface area contributed by atoms with Gasteiger partial charge in [0.25, 0.3) is 0 Å². The first-order valence-corrected chi connectivity index (χ1v) is 8.86. The Morgan fingerprint density at radius 1 is 1.14 bits per heavy atom. The van der Waals surface area contributed by atoms with Crippen LogP contribution < -0.4 is 5.32 Å². The van der Waals surface area contributed by atoms with E-state index in [9.17, 15) is 0 Å². The Labute approximate surface area is 142 Å². The monoisotopic (exact) mass is 330 g/mol. The fourth-order valence-electron chi connectivity index (χ4n) is 2.17. The van der Waals surface area contributed by atoms with Gasteiger partial charge in [-0.2, -0.15) is 0 Å². The lowest BCUT2D eigenvalue weighted by Crippen LogP contribution is -2.30. The predicted octanol–water partition coefficient (Wildman–Crippen LogP) is 4.85. The second-order valence-corrected chi connectivity index (χ2v) is 6.65. The highest BCUT2D eigenvalue weighted by Gasteiger charge is 2.08. The molecular formula is C18H22N2S2. The molecule has 0 unspecified atom stereocenters. The maximum atomic E-state index is 5.52. The van der Waals surface area contributed by atoms with Crippen LogP contribution in [0.1, 0.15) is 16.7 Å². The average Bonchev–Trinajstić information content (AvgIpc) is 2.52. The van der Waals surface area contributed by atoms with E-state index < -0.39 is 0 Å². The Morgan fingerprint density at radius 2 is 1.82 bits per heavy atom. The Balaban J connectivity index is 2.01. The van der Waals surface area contributed by atoms with Crippen LogP contribution >= 0.6 is 24.0 Å². The van der Waals surface area contributed by atoms with E-state index in [1.54, 1.807) is 11.8 Å². The molecule has 2 aromatic carbocycles. The SMILES string of the molecule is CSc1ccc(CN(C)C(=S)Nc2cccc(C)c2C)cc1. The van der Waals surface area contributed by atoms with Crippen molar-refractivity contribution in [3.05, 3.63) is 59.2 Å². The molecule has 0 aromatic heterocycles. The number of benzene rings is 2. The maximum absolute atomic E-state index is 5.52. The predicted molar refractivity (Wildman–Crippen MR) is 102 cm³/mol. The summed E-state index contributed by atoms with van der Waals surface area (Å²) in [6.45, 7) is 5.02. The quantitative estimate of drug-likeness (QED) is 0.636. The number of nitrogens with zero attached hydrogens (tertiary/aromatic N) is 1. The van der Waals surface area contributed by atoms with E-state index in [1.165, 1.54) is 21.6 Å². The van der Waals surface area contributed by atoms with Crippen molar-refractivity contribution in [2.24, 2.45) is 0 Å². The molecule has 2 aromatic rings. The second kappa shape index (κ2) is 7.65. The smallest absolute Gasteiger partial charge is 0.173 e. The van der Waals surface area contributed by atoms with Gasteiger partial charge in [0.05, 0.1) is 0 Å². The third-order valence-electron chi connectivity index (χ3n) is 3.77. The third kappa shape index (κ3) is 4.24. The van der Waals surface area contributed by atoms with Gasteiger partial charge in [-0.1, -0.05) is 24.3 Å². The van der Waals surface area contributed by atoms with Crippen molar-refractivity contribution in [3.63, 3.8) is 0 Å². The van der Waals surface area contributed by atoms with E-state index >= 15 is 0 Å². The first-order valence-electron chi connectivity index (χ1n) is 7.22. The minimum atomic E-state index is 0.739. The van der Waals surface area contributed by atoms with E-state index in [2.05, 4.69) is 72.8 Å². The summed E-state index contributed by atoms with van der Waals surface area (Å²) in [7, 11) is 2.02. The molecule has 2 rings (SSSR count). The molecular weight excluding hydrogens is 308 g/mol. The Hall–Kier alpha value is -1.52. The van der Waals surface area contributed by atoms with Gasteiger partial charge in [0.2, 0.25) is 0 Å². The van der Waals surface area contributed by atoms with Gasteiger partial charge in [0.15, 0.2) is 5.11 Å². The van der Waals surface area contributed by atoms with Crippen molar-refractivity contribution in [3.8, 4) is 0 Å². The zero-order chi connectivity index (χ0) is 16.1. The largest absolute Gasteiger partial charge is 0.348 e. The molecule has 1 N–H and O–H groups in total. The summed E-state index contributed by atoms with van der Waals surface area (Å²) in [4.78, 5) is 3.34. The molecule has 0 saturated heterocycles. The highest BCUT2D eigenvalue weighted by molar-refractivity contribution is 7.98. The van der Waals surface area contributed by atoms with Gasteiger partial charge in [-0.25, -0.2) is 0 Å². The van der Waals surface area contributed by atoms with Crippen LogP contribution in [0.5, 0.6) is 0 Å². The fraction of sp³-hybridized carbons (Fsp3) is 0.278. The fourth-order valence-corrected chi connectivity index (χ4v) is 2.76. The lowest BCUT2D eigenvalue weighted by Gasteiger charge is -2.22. The lowest BCUT2D eigenvalue weighted by atomic mass is 10.1. The molecule has 0 bridgehead atoms. The molecule has 116 valence electrons. The highest BCUT2D eigenvalue weighted by atomic mass is 32.2. The summed E-state index contributed by atoms with van der Waals surface area (Å²) in [5.74, 6) is 0. The Bertz CT molecular complexity index is 651. The van der Waals surface area contributed by atoms with Crippen molar-refractivity contribution in [1.29, 1.82) is 0 Å². The van der Waals surface area contributed by atoms with E-state index in [4.69, 9.17) is 12.2 Å². The molecule has 0 fully saturated rings. The van der Waals surface area contributed by atoms with Gasteiger partial charge in [-0.15, -0.1) is 11.8 Å². The van der Waals surface area contributed by atoms with Crippen LogP contribution in [0.15, 0.2) is 47.4 Å². The van der Waals surface area contributed by atoms with Crippen LogP contribution in [0.25, 0.3) is 0 Å². The molecule has 22 heavy (non-hydrogen) atoms. The zero-order valence-corrected chi connectivity index (χ0v) is 15.1. The normalized spacial score (nSPS) is 10.4. The van der Waals surface area contributed by atoms with E-state index in [0.717, 1.165) is 17.3 Å². The van der Waals surface area contributed by atoms with Crippen LogP contribution in [0.4, 0.5) is 5.69 Å². The van der Waals surface area contributed by atoms with Gasteiger partial charge >= 0.3 is 0 Å². The second-order valence-electron chi connectivity index (χ2n) is 5.38. The number of hydrogen-bond acceptors (Lipinski definition) is 2. The summed E-state index contributed by atoms with van der Waals surface area (Å²) in [5, 5.41) is 4.09. The first-order chi connectivity index (χ1) is 10.5. The molecule has 0 radical (unpaired) electrons. The van der Waals surface area contributed by atoms with Crippen LogP contribution in [-0.2, 0) is 6.54 Å². The van der Waals surface area contributed by atoms with E-state index in [0.29, 0.717) is 0 Å². The molecule has 0 aliphatic rings. The molecule has 0 saturated carbocycles. The number of thiocarbonyl (C=S) groups is 1. The zero-order valence-electron chi connectivity index (χ0n) is 13.5. The minimum Gasteiger partial charge on any atom is -0.348 e. The molecule has 0 spiro atoms. The molecule has 0 atom stereocenters. The number of hydrogen-bond donors (Lipinski definition) is 1. The molecule has 0 heterocycles. The number of nitrogens with one attached hydrogen (secondary N) is 1. The molecule has 2 nitrogen and oxygen atoms in total. The number of anilines is 1. The standard InChI is InChI=1S/C18H22N2S2/c1-13-6-5-7-17(14(13)2)19-18(21)20(3)12-15-8-10-16(22-4)11-9-15/h5-11H,12H2,1-4H3,(H,19,21). The summed E-state index contributed by atoms with van der Waals surface area (Å²) in [6, 6.07) is 14.8. The summed E-state index contributed by atoms with van der Waals surface area (Å²) < 4.78 is 0. The van der Waals surface area contributed by atoms with Crippen molar-refractivity contribution in [2.75, 3.05) is 18.6 Å². The van der Waals surface area contributed by atoms with Crippen LogP contribution in [-0.4, -0.2) is 23.3 Å². The Morgan fingerprint density at radius 3 is 2.45 bits per heavy atom. The first kappa shape index (κ1) is 16.8. The van der Waals surface area contributed by atoms with Gasteiger partial charge in [-0.3, -0.25) is 0 Å². The van der Waals surface area contributed by atoms with Crippen molar-refractivity contribution in [1.82, 2.24) is 4.90 Å². The number of rotatable bonds is 4. The summed E-state index contributed by atoms with van der Waals surface area (Å²) in [5.41, 5.74) is 4.84. The Kier molecular flexibility index (Phi) is 5.86. The average molecular weight is 331 g/mol. The third-order valence-corrected chi connectivity index (χ3v) is 4.93.